The van der Waals surface area contributed by atoms with E-state index in [-0.39, 0.29) is 0 Å². The Balaban J connectivity index is 1.98. The van der Waals surface area contributed by atoms with Crippen molar-refractivity contribution in [3.05, 3.63) is 35.2 Å². The molecule has 2 atom stereocenters. The number of hydrogen-bond acceptors (Lipinski definition) is 2. The van der Waals surface area contributed by atoms with Gasteiger partial charge in [-0.3, -0.25) is 4.98 Å². The number of aromatic amines is 1. The number of hydrogen-bond donors (Lipinski definition) is 1. The molecule has 1 aromatic carbocycles. The van der Waals surface area contributed by atoms with Crippen LogP contribution in [0.4, 0.5) is 0 Å². The molecule has 2 heterocycles. The van der Waals surface area contributed by atoms with Crippen LogP contribution in [-0.4, -0.2) is 14.5 Å². The number of imidazole rings is 1. The molecule has 3 nitrogen and oxygen atoms in total. The lowest BCUT2D eigenvalue weighted by Gasteiger charge is -2.06. The number of rotatable bonds is 3. The average Bonchev–Trinajstić information content (AvgIpc) is 3.12. The summed E-state index contributed by atoms with van der Waals surface area (Å²) < 4.78 is 3.16. The summed E-state index contributed by atoms with van der Waals surface area (Å²) in [4.78, 5) is 7.83. The highest BCUT2D eigenvalue weighted by Crippen LogP contribution is 2.48. The summed E-state index contributed by atoms with van der Waals surface area (Å²) in [6.07, 6.45) is 5.70. The topological polar surface area (TPSA) is 33.6 Å². The van der Waals surface area contributed by atoms with Gasteiger partial charge in [0, 0.05) is 11.4 Å². The highest BCUT2D eigenvalue weighted by Gasteiger charge is 2.39. The summed E-state index contributed by atoms with van der Waals surface area (Å²) in [5.41, 5.74) is 3.32. The molecule has 0 radical (unpaired) electrons. The van der Waals surface area contributed by atoms with E-state index in [1.165, 1.54) is 30.2 Å². The summed E-state index contributed by atoms with van der Waals surface area (Å²) >= 11 is 5.55. The standard InChI is InChI=1S/C16H17N3S/c1-2-5-10-8-14(10)19-15-11-6-3-4-7-12(11)17-9-13(15)18-16(19)20/h3-4,6-7,9-10,14H,2,5,8H2,1H3,(H,18,20). The van der Waals surface area contributed by atoms with Crippen LogP contribution >= 0.6 is 12.2 Å². The predicted octanol–water partition coefficient (Wildman–Crippen LogP) is 4.61. The largest absolute Gasteiger partial charge is 0.329 e. The number of pyridine rings is 1. The van der Waals surface area contributed by atoms with E-state index in [2.05, 4.69) is 39.7 Å². The zero-order chi connectivity index (χ0) is 13.7. The van der Waals surface area contributed by atoms with Crippen LogP contribution in [-0.2, 0) is 0 Å². The first-order chi connectivity index (χ1) is 9.79. The number of H-pyrrole nitrogens is 1. The first-order valence-corrected chi connectivity index (χ1v) is 7.68. The third-order valence-corrected chi connectivity index (χ3v) is 4.62. The normalized spacial score (nSPS) is 21.6. The maximum atomic E-state index is 5.55. The Morgan fingerprint density at radius 1 is 1.40 bits per heavy atom. The second kappa shape index (κ2) is 4.42. The summed E-state index contributed by atoms with van der Waals surface area (Å²) in [5.74, 6) is 0.789. The second-order valence-electron chi connectivity index (χ2n) is 5.69. The Morgan fingerprint density at radius 2 is 2.25 bits per heavy atom. The fourth-order valence-corrected chi connectivity index (χ4v) is 3.64. The number of fused-ring (bicyclic) bond motifs is 3. The molecule has 0 saturated heterocycles. The molecular weight excluding hydrogens is 266 g/mol. The van der Waals surface area contributed by atoms with E-state index in [4.69, 9.17) is 12.2 Å². The minimum Gasteiger partial charge on any atom is -0.329 e. The molecule has 3 aromatic rings. The fourth-order valence-electron chi connectivity index (χ4n) is 3.30. The Hall–Kier alpha value is -1.68. The van der Waals surface area contributed by atoms with E-state index in [1.54, 1.807) is 0 Å². The maximum absolute atomic E-state index is 5.55. The Bertz CT molecular complexity index is 846. The monoisotopic (exact) mass is 283 g/mol. The number of aromatic nitrogens is 3. The van der Waals surface area contributed by atoms with E-state index in [1.807, 2.05) is 12.3 Å². The van der Waals surface area contributed by atoms with Gasteiger partial charge in [-0.05, 0) is 37.0 Å². The van der Waals surface area contributed by atoms with E-state index >= 15 is 0 Å². The molecule has 102 valence electrons. The first-order valence-electron chi connectivity index (χ1n) is 7.27. The fraction of sp³-hybridized carbons (Fsp3) is 0.375. The van der Waals surface area contributed by atoms with Gasteiger partial charge in [-0.2, -0.15) is 0 Å². The van der Waals surface area contributed by atoms with Gasteiger partial charge in [-0.15, -0.1) is 0 Å². The summed E-state index contributed by atoms with van der Waals surface area (Å²) in [5, 5.41) is 1.19. The number of benzene rings is 1. The maximum Gasteiger partial charge on any atom is 0.178 e. The molecule has 1 aliphatic carbocycles. The van der Waals surface area contributed by atoms with Crippen molar-refractivity contribution in [1.29, 1.82) is 0 Å². The molecule has 1 fully saturated rings. The Labute approximate surface area is 122 Å². The third kappa shape index (κ3) is 1.71. The average molecular weight is 283 g/mol. The third-order valence-electron chi connectivity index (χ3n) is 4.32. The van der Waals surface area contributed by atoms with Gasteiger partial charge in [-0.1, -0.05) is 31.5 Å². The van der Waals surface area contributed by atoms with Crippen LogP contribution < -0.4 is 0 Å². The highest BCUT2D eigenvalue weighted by molar-refractivity contribution is 7.71. The van der Waals surface area contributed by atoms with Gasteiger partial charge >= 0.3 is 0 Å². The van der Waals surface area contributed by atoms with Crippen LogP contribution in [0.1, 0.15) is 32.2 Å². The molecule has 0 bridgehead atoms. The Morgan fingerprint density at radius 3 is 3.10 bits per heavy atom. The van der Waals surface area contributed by atoms with Gasteiger partial charge in [-0.25, -0.2) is 0 Å². The summed E-state index contributed by atoms with van der Waals surface area (Å²) in [7, 11) is 0. The van der Waals surface area contributed by atoms with Crippen LogP contribution in [0.3, 0.4) is 0 Å². The van der Waals surface area contributed by atoms with E-state index in [0.717, 1.165) is 21.7 Å². The van der Waals surface area contributed by atoms with E-state index in [9.17, 15) is 0 Å². The van der Waals surface area contributed by atoms with Crippen molar-refractivity contribution in [3.8, 4) is 0 Å². The molecule has 4 rings (SSSR count). The van der Waals surface area contributed by atoms with E-state index < -0.39 is 0 Å². The number of nitrogens with one attached hydrogen (secondary N) is 1. The van der Waals surface area contributed by atoms with Gasteiger partial charge in [0.05, 0.1) is 22.7 Å². The lowest BCUT2D eigenvalue weighted by molar-refractivity contribution is 0.614. The predicted molar refractivity (Wildman–Crippen MR) is 84.5 cm³/mol. The van der Waals surface area contributed by atoms with Crippen molar-refractivity contribution in [2.24, 2.45) is 5.92 Å². The van der Waals surface area contributed by atoms with Gasteiger partial charge in [0.1, 0.15) is 0 Å². The van der Waals surface area contributed by atoms with Crippen molar-refractivity contribution in [2.75, 3.05) is 0 Å². The molecule has 2 unspecified atom stereocenters. The number of para-hydroxylation sites is 1. The highest BCUT2D eigenvalue weighted by atomic mass is 32.1. The van der Waals surface area contributed by atoms with Crippen LogP contribution in [0.15, 0.2) is 30.5 Å². The lowest BCUT2D eigenvalue weighted by Crippen LogP contribution is -1.97. The van der Waals surface area contributed by atoms with E-state index in [0.29, 0.717) is 6.04 Å². The molecule has 2 aromatic heterocycles. The van der Waals surface area contributed by atoms with Gasteiger partial charge in [0.2, 0.25) is 0 Å². The molecule has 1 saturated carbocycles. The van der Waals surface area contributed by atoms with Gasteiger partial charge < -0.3 is 9.55 Å². The molecular formula is C16H17N3S. The SMILES string of the molecule is CCCC1CC1n1c(=S)[nH]c2cnc3ccccc3c21. The van der Waals surface area contributed by atoms with Crippen LogP contribution in [0.5, 0.6) is 0 Å². The van der Waals surface area contributed by atoms with Crippen molar-refractivity contribution in [1.82, 2.24) is 14.5 Å². The van der Waals surface area contributed by atoms with Gasteiger partial charge in [0.25, 0.3) is 0 Å². The van der Waals surface area contributed by atoms with Crippen molar-refractivity contribution in [3.63, 3.8) is 0 Å². The van der Waals surface area contributed by atoms with Crippen molar-refractivity contribution >= 4 is 34.2 Å². The first kappa shape index (κ1) is 12.1. The molecule has 0 spiro atoms. The molecule has 1 N–H and O–H groups in total. The smallest absolute Gasteiger partial charge is 0.178 e. The zero-order valence-corrected chi connectivity index (χ0v) is 12.3. The second-order valence-corrected chi connectivity index (χ2v) is 6.08. The number of nitrogens with zero attached hydrogens (tertiary/aromatic N) is 2. The molecule has 0 aliphatic heterocycles. The minimum atomic E-state index is 0.571. The summed E-state index contributed by atoms with van der Waals surface area (Å²) in [6.45, 7) is 2.25. The van der Waals surface area contributed by atoms with Crippen LogP contribution in [0.25, 0.3) is 21.9 Å². The summed E-state index contributed by atoms with van der Waals surface area (Å²) in [6, 6.07) is 8.87. The van der Waals surface area contributed by atoms with Crippen molar-refractivity contribution < 1.29 is 0 Å². The molecule has 20 heavy (non-hydrogen) atoms. The molecule has 0 amide bonds. The van der Waals surface area contributed by atoms with Gasteiger partial charge in [0.15, 0.2) is 4.77 Å². The quantitative estimate of drug-likeness (QED) is 0.712. The Kier molecular flexibility index (Phi) is 2.67. The molecule has 4 heteroatoms. The zero-order valence-electron chi connectivity index (χ0n) is 11.5. The minimum absolute atomic E-state index is 0.571. The van der Waals surface area contributed by atoms with Crippen LogP contribution in [0.2, 0.25) is 0 Å². The van der Waals surface area contributed by atoms with Crippen molar-refractivity contribution in [2.45, 2.75) is 32.2 Å². The van der Waals surface area contributed by atoms with Crippen LogP contribution in [0, 0.1) is 10.7 Å². The lowest BCUT2D eigenvalue weighted by atomic mass is 10.2. The molecule has 1 aliphatic rings.